The van der Waals surface area contributed by atoms with Gasteiger partial charge in [-0.05, 0) is 66.4 Å². The number of pyridine rings is 2. The lowest BCUT2D eigenvalue weighted by Gasteiger charge is -2.27. The molecule has 0 aromatic carbocycles. The fraction of sp³-hybridized carbons (Fsp3) is 0.364. The van der Waals surface area contributed by atoms with E-state index in [4.69, 9.17) is 9.97 Å². The molecule has 2 N–H and O–H groups in total. The number of aromatic nitrogens is 4. The zero-order chi connectivity index (χ0) is 25.8. The Labute approximate surface area is 225 Å². The number of nitrogens with zero attached hydrogens (tertiary/aromatic N) is 3. The third kappa shape index (κ3) is 5.08. The van der Waals surface area contributed by atoms with Crippen LogP contribution in [0.15, 0.2) is 84.9 Å². The Hall–Kier alpha value is -3.57. The smallest absolute Gasteiger partial charge is 0.0827 e. The highest BCUT2D eigenvalue weighted by molar-refractivity contribution is 5.94. The summed E-state index contributed by atoms with van der Waals surface area (Å²) >= 11 is 0. The second-order valence-electron chi connectivity index (χ2n) is 11.0. The van der Waals surface area contributed by atoms with Crippen LogP contribution >= 0.6 is 0 Å². The number of H-pyrrole nitrogens is 1. The van der Waals surface area contributed by atoms with Crippen LogP contribution in [0.5, 0.6) is 0 Å². The van der Waals surface area contributed by atoms with Gasteiger partial charge in [0, 0.05) is 42.4 Å². The van der Waals surface area contributed by atoms with Crippen molar-refractivity contribution in [1.29, 1.82) is 0 Å². The Morgan fingerprint density at radius 3 is 2.82 bits per heavy atom. The molecule has 3 aliphatic carbocycles. The topological polar surface area (TPSA) is 66.5 Å². The first kappa shape index (κ1) is 24.7. The van der Waals surface area contributed by atoms with E-state index in [2.05, 4.69) is 77.1 Å². The van der Waals surface area contributed by atoms with Gasteiger partial charge in [-0.1, -0.05) is 68.4 Å². The fourth-order valence-electron chi connectivity index (χ4n) is 6.29. The molecule has 1 saturated carbocycles. The van der Waals surface area contributed by atoms with Crippen LogP contribution in [-0.2, 0) is 0 Å². The summed E-state index contributed by atoms with van der Waals surface area (Å²) in [5.41, 5.74) is 8.32. The SMILES string of the molecule is CCC1(CNCC2=CC=C(c3nc4ccnc(-c5cn[nH]c5)c4cc3C3C=CC=CC3)CC=C2)CCCC1. The number of fused-ring (bicyclic) bond motifs is 1. The van der Waals surface area contributed by atoms with E-state index in [1.165, 1.54) is 48.8 Å². The van der Waals surface area contributed by atoms with E-state index < -0.39 is 0 Å². The molecule has 3 aliphatic rings. The minimum atomic E-state index is 0.291. The summed E-state index contributed by atoms with van der Waals surface area (Å²) in [6.07, 6.45) is 32.2. The van der Waals surface area contributed by atoms with Crippen LogP contribution in [-0.4, -0.2) is 33.3 Å². The first-order chi connectivity index (χ1) is 18.7. The average Bonchev–Trinajstić information content (AvgIpc) is 3.62. The molecule has 38 heavy (non-hydrogen) atoms. The van der Waals surface area contributed by atoms with Gasteiger partial charge in [-0.3, -0.25) is 10.1 Å². The first-order valence-electron chi connectivity index (χ1n) is 14.1. The molecule has 3 aromatic heterocycles. The van der Waals surface area contributed by atoms with Crippen molar-refractivity contribution in [2.75, 3.05) is 13.1 Å². The van der Waals surface area contributed by atoms with Crippen LogP contribution in [0, 0.1) is 5.41 Å². The number of nitrogens with one attached hydrogen (secondary N) is 2. The van der Waals surface area contributed by atoms with Crippen molar-refractivity contribution in [3.05, 3.63) is 96.2 Å². The lowest BCUT2D eigenvalue weighted by molar-refractivity contribution is 0.272. The molecule has 3 heterocycles. The van der Waals surface area contributed by atoms with Crippen LogP contribution in [0.25, 0.3) is 27.7 Å². The molecular weight excluding hydrogens is 466 g/mol. The largest absolute Gasteiger partial charge is 0.312 e. The van der Waals surface area contributed by atoms with Gasteiger partial charge in [-0.15, -0.1) is 0 Å². The summed E-state index contributed by atoms with van der Waals surface area (Å²) in [6.45, 7) is 4.39. The lowest BCUT2D eigenvalue weighted by Crippen LogP contribution is -2.32. The molecule has 0 bridgehead atoms. The van der Waals surface area contributed by atoms with Crippen molar-refractivity contribution in [3.63, 3.8) is 0 Å². The maximum atomic E-state index is 5.27. The van der Waals surface area contributed by atoms with Crippen molar-refractivity contribution in [2.45, 2.75) is 57.8 Å². The van der Waals surface area contributed by atoms with Gasteiger partial charge in [0.15, 0.2) is 0 Å². The quantitative estimate of drug-likeness (QED) is 0.335. The highest BCUT2D eigenvalue weighted by atomic mass is 15.1. The summed E-state index contributed by atoms with van der Waals surface area (Å²) < 4.78 is 0. The van der Waals surface area contributed by atoms with Crippen LogP contribution in [0.1, 0.15) is 69.0 Å². The maximum Gasteiger partial charge on any atom is 0.0827 e. The molecule has 1 fully saturated rings. The predicted octanol–water partition coefficient (Wildman–Crippen LogP) is 7.45. The molecule has 1 atom stereocenters. The Balaban J connectivity index is 1.32. The normalized spacial score (nSPS) is 20.5. The van der Waals surface area contributed by atoms with Gasteiger partial charge in [0.25, 0.3) is 0 Å². The Kier molecular flexibility index (Phi) is 7.19. The van der Waals surface area contributed by atoms with Crippen molar-refractivity contribution in [1.82, 2.24) is 25.5 Å². The zero-order valence-corrected chi connectivity index (χ0v) is 22.3. The highest BCUT2D eigenvalue weighted by Crippen LogP contribution is 2.40. The van der Waals surface area contributed by atoms with Crippen LogP contribution in [0.2, 0.25) is 0 Å². The fourth-order valence-corrected chi connectivity index (χ4v) is 6.29. The van der Waals surface area contributed by atoms with Gasteiger partial charge >= 0.3 is 0 Å². The van der Waals surface area contributed by atoms with E-state index in [-0.39, 0.29) is 0 Å². The molecule has 6 rings (SSSR count). The number of rotatable bonds is 8. The van der Waals surface area contributed by atoms with Crippen molar-refractivity contribution >= 4 is 16.5 Å². The summed E-state index contributed by atoms with van der Waals surface area (Å²) in [5.74, 6) is 0.291. The first-order valence-corrected chi connectivity index (χ1v) is 14.1. The minimum absolute atomic E-state index is 0.291. The Morgan fingerprint density at radius 1 is 1.11 bits per heavy atom. The molecule has 5 heteroatoms. The highest BCUT2D eigenvalue weighted by Gasteiger charge is 2.31. The molecule has 3 aromatic rings. The monoisotopic (exact) mass is 503 g/mol. The predicted molar refractivity (Wildman–Crippen MR) is 157 cm³/mol. The number of aromatic amines is 1. The standard InChI is InChI=1S/C33H37N5/c1-2-33(16-6-7-17-33)23-34-20-24-9-8-12-26(14-13-24)32-28(25-10-4-3-5-11-25)19-29-30(38-32)15-18-35-31(29)27-21-36-37-22-27/h3-5,8-10,13-15,18-19,21-22,25,34H,2,6-7,11-12,16-17,20,23H2,1H3,(H,36,37). The molecule has 0 saturated heterocycles. The van der Waals surface area contributed by atoms with Crippen molar-refractivity contribution < 1.29 is 0 Å². The summed E-state index contributed by atoms with van der Waals surface area (Å²) in [4.78, 5) is 9.97. The minimum Gasteiger partial charge on any atom is -0.312 e. The van der Waals surface area contributed by atoms with E-state index in [0.717, 1.165) is 53.8 Å². The van der Waals surface area contributed by atoms with E-state index in [1.54, 1.807) is 0 Å². The molecule has 0 spiro atoms. The number of hydrogen-bond donors (Lipinski definition) is 2. The second-order valence-corrected chi connectivity index (χ2v) is 11.0. The van der Waals surface area contributed by atoms with Gasteiger partial charge in [-0.2, -0.15) is 5.10 Å². The summed E-state index contributed by atoms with van der Waals surface area (Å²) in [7, 11) is 0. The Morgan fingerprint density at radius 2 is 2.03 bits per heavy atom. The lowest BCUT2D eigenvalue weighted by atomic mass is 9.83. The van der Waals surface area contributed by atoms with Crippen LogP contribution < -0.4 is 5.32 Å². The molecule has 0 amide bonds. The van der Waals surface area contributed by atoms with E-state index >= 15 is 0 Å². The molecule has 194 valence electrons. The van der Waals surface area contributed by atoms with Gasteiger partial charge in [-0.25, -0.2) is 4.98 Å². The maximum absolute atomic E-state index is 5.27. The van der Waals surface area contributed by atoms with Gasteiger partial charge in [0.1, 0.15) is 0 Å². The molecule has 5 nitrogen and oxygen atoms in total. The van der Waals surface area contributed by atoms with E-state index in [1.807, 2.05) is 24.7 Å². The third-order valence-electron chi connectivity index (χ3n) is 8.64. The van der Waals surface area contributed by atoms with Gasteiger partial charge in [0.05, 0.1) is 23.1 Å². The average molecular weight is 504 g/mol. The summed E-state index contributed by atoms with van der Waals surface area (Å²) in [6, 6.07) is 4.34. The number of hydrogen-bond acceptors (Lipinski definition) is 4. The zero-order valence-electron chi connectivity index (χ0n) is 22.3. The molecular formula is C33H37N5. The molecule has 0 radical (unpaired) electrons. The number of allylic oxidation sites excluding steroid dienone is 8. The van der Waals surface area contributed by atoms with Crippen molar-refractivity contribution in [3.8, 4) is 11.3 Å². The van der Waals surface area contributed by atoms with E-state index in [9.17, 15) is 0 Å². The third-order valence-corrected chi connectivity index (χ3v) is 8.64. The Bertz CT molecular complexity index is 1430. The van der Waals surface area contributed by atoms with Gasteiger partial charge in [0.2, 0.25) is 0 Å². The second kappa shape index (κ2) is 11.0. The summed E-state index contributed by atoms with van der Waals surface area (Å²) in [5, 5.41) is 11.9. The van der Waals surface area contributed by atoms with E-state index in [0.29, 0.717) is 11.3 Å². The van der Waals surface area contributed by atoms with Gasteiger partial charge < -0.3 is 5.32 Å². The van der Waals surface area contributed by atoms with Crippen LogP contribution in [0.3, 0.4) is 0 Å². The molecule has 0 aliphatic heterocycles. The van der Waals surface area contributed by atoms with Crippen LogP contribution in [0.4, 0.5) is 0 Å². The van der Waals surface area contributed by atoms with Crippen molar-refractivity contribution in [2.24, 2.45) is 5.41 Å². The molecule has 1 unspecified atom stereocenters.